The summed E-state index contributed by atoms with van der Waals surface area (Å²) in [4.78, 5) is 4.09. The van der Waals surface area contributed by atoms with Crippen molar-refractivity contribution in [2.75, 3.05) is 7.05 Å². The van der Waals surface area contributed by atoms with Crippen LogP contribution in [-0.4, -0.2) is 24.2 Å². The summed E-state index contributed by atoms with van der Waals surface area (Å²) in [5.41, 5.74) is 0.954. The lowest BCUT2D eigenvalue weighted by molar-refractivity contribution is -0.199. The molecule has 0 amide bonds. The third-order valence-corrected chi connectivity index (χ3v) is 4.78. The maximum absolute atomic E-state index is 13.2. The second-order valence-electron chi connectivity index (χ2n) is 5.71. The maximum Gasteiger partial charge on any atom is 0.392 e. The minimum Gasteiger partial charge on any atom is -0.316 e. The largest absolute Gasteiger partial charge is 0.392 e. The number of likely N-dealkylation sites (N-methyl/N-ethyl adjacent to an activating group) is 1. The van der Waals surface area contributed by atoms with E-state index in [-0.39, 0.29) is 18.4 Å². The zero-order valence-corrected chi connectivity index (χ0v) is 13.5. The van der Waals surface area contributed by atoms with Gasteiger partial charge in [0.1, 0.15) is 0 Å². The van der Waals surface area contributed by atoms with Crippen LogP contribution in [0.5, 0.6) is 0 Å². The van der Waals surface area contributed by atoms with Gasteiger partial charge in [-0.15, -0.1) is 0 Å². The summed E-state index contributed by atoms with van der Waals surface area (Å²) in [5, 5.41) is 3.10. The van der Waals surface area contributed by atoms with Crippen molar-refractivity contribution in [1.82, 2.24) is 10.3 Å². The van der Waals surface area contributed by atoms with Crippen LogP contribution in [0.15, 0.2) is 22.9 Å². The van der Waals surface area contributed by atoms with E-state index in [1.165, 1.54) is 0 Å². The molecule has 1 fully saturated rings. The highest BCUT2D eigenvalue weighted by Crippen LogP contribution is 2.43. The van der Waals surface area contributed by atoms with Crippen molar-refractivity contribution in [1.29, 1.82) is 0 Å². The van der Waals surface area contributed by atoms with E-state index in [2.05, 4.69) is 26.2 Å². The fourth-order valence-electron chi connectivity index (χ4n) is 3.34. The molecular formula is C15H20BrF3N2. The molecule has 1 saturated carbocycles. The molecule has 0 aromatic carbocycles. The Kier molecular flexibility index (Phi) is 5.66. The van der Waals surface area contributed by atoms with Gasteiger partial charge >= 0.3 is 6.18 Å². The quantitative estimate of drug-likeness (QED) is 0.859. The van der Waals surface area contributed by atoms with E-state index in [4.69, 9.17) is 0 Å². The summed E-state index contributed by atoms with van der Waals surface area (Å²) in [6, 6.07) is 1.75. The summed E-state index contributed by atoms with van der Waals surface area (Å²) in [5.74, 6) is -1.55. The number of nitrogens with one attached hydrogen (secondary N) is 1. The van der Waals surface area contributed by atoms with Crippen molar-refractivity contribution in [2.24, 2.45) is 11.8 Å². The molecule has 118 valence electrons. The van der Waals surface area contributed by atoms with Crippen LogP contribution in [0.3, 0.4) is 0 Å². The average molecular weight is 365 g/mol. The van der Waals surface area contributed by atoms with E-state index in [9.17, 15) is 13.2 Å². The van der Waals surface area contributed by atoms with Gasteiger partial charge in [0.2, 0.25) is 0 Å². The highest BCUT2D eigenvalue weighted by Gasteiger charge is 2.47. The van der Waals surface area contributed by atoms with Crippen LogP contribution in [0, 0.1) is 11.8 Å². The Morgan fingerprint density at radius 2 is 2.05 bits per heavy atom. The van der Waals surface area contributed by atoms with Crippen molar-refractivity contribution in [3.05, 3.63) is 28.5 Å². The third kappa shape index (κ3) is 4.42. The number of rotatable bonds is 4. The standard InChI is InChI=1S/C15H20BrF3N2/c1-20-14(7-10-6-11(16)9-21-8-10)12-4-2-3-5-13(12)15(17,18)19/h6,8-9,12-14,20H,2-5,7H2,1H3. The molecular weight excluding hydrogens is 345 g/mol. The fourth-order valence-corrected chi connectivity index (χ4v) is 3.75. The predicted molar refractivity (Wildman–Crippen MR) is 80.0 cm³/mol. The predicted octanol–water partition coefficient (Wildman–Crippen LogP) is 4.34. The smallest absolute Gasteiger partial charge is 0.316 e. The minimum atomic E-state index is -4.10. The van der Waals surface area contributed by atoms with E-state index in [1.54, 1.807) is 19.4 Å². The molecule has 6 heteroatoms. The van der Waals surface area contributed by atoms with Gasteiger partial charge in [0.25, 0.3) is 0 Å². The lowest BCUT2D eigenvalue weighted by Gasteiger charge is -2.38. The molecule has 1 N–H and O–H groups in total. The van der Waals surface area contributed by atoms with Crippen LogP contribution in [0.25, 0.3) is 0 Å². The monoisotopic (exact) mass is 364 g/mol. The van der Waals surface area contributed by atoms with Gasteiger partial charge in [-0.1, -0.05) is 12.8 Å². The van der Waals surface area contributed by atoms with Crippen molar-refractivity contribution in [3.63, 3.8) is 0 Å². The molecule has 0 aliphatic heterocycles. The van der Waals surface area contributed by atoms with E-state index in [0.717, 1.165) is 16.5 Å². The number of aromatic nitrogens is 1. The average Bonchev–Trinajstić information content (AvgIpc) is 2.44. The van der Waals surface area contributed by atoms with Gasteiger partial charge in [0.15, 0.2) is 0 Å². The van der Waals surface area contributed by atoms with E-state index in [0.29, 0.717) is 19.3 Å². The normalized spacial score (nSPS) is 24.8. The molecule has 1 aliphatic carbocycles. The first-order chi connectivity index (χ1) is 9.91. The first-order valence-electron chi connectivity index (χ1n) is 7.25. The van der Waals surface area contributed by atoms with Crippen molar-refractivity contribution >= 4 is 15.9 Å². The van der Waals surface area contributed by atoms with Gasteiger partial charge in [-0.2, -0.15) is 13.2 Å². The molecule has 1 aliphatic rings. The summed E-state index contributed by atoms with van der Waals surface area (Å²) in [7, 11) is 1.75. The van der Waals surface area contributed by atoms with Crippen molar-refractivity contribution in [3.8, 4) is 0 Å². The summed E-state index contributed by atoms with van der Waals surface area (Å²) < 4.78 is 40.6. The Hall–Kier alpha value is -0.620. The van der Waals surface area contributed by atoms with Crippen LogP contribution in [0.1, 0.15) is 31.2 Å². The first kappa shape index (κ1) is 16.7. The van der Waals surface area contributed by atoms with Gasteiger partial charge in [0.05, 0.1) is 5.92 Å². The molecule has 0 radical (unpaired) electrons. The van der Waals surface area contributed by atoms with Gasteiger partial charge in [-0.3, -0.25) is 4.98 Å². The highest BCUT2D eigenvalue weighted by molar-refractivity contribution is 9.10. The third-order valence-electron chi connectivity index (χ3n) is 4.34. The Balaban J connectivity index is 2.14. The SMILES string of the molecule is CNC(Cc1cncc(Br)c1)C1CCCCC1C(F)(F)F. The van der Waals surface area contributed by atoms with Gasteiger partial charge < -0.3 is 5.32 Å². The molecule has 0 saturated heterocycles. The molecule has 21 heavy (non-hydrogen) atoms. The lowest BCUT2D eigenvalue weighted by Crippen LogP contribution is -2.45. The van der Waals surface area contributed by atoms with Crippen LogP contribution in [-0.2, 0) is 6.42 Å². The fraction of sp³-hybridized carbons (Fsp3) is 0.667. The Bertz CT molecular complexity index is 464. The molecule has 1 heterocycles. The summed E-state index contributed by atoms with van der Waals surface area (Å²) in [6.07, 6.45) is 2.31. The number of alkyl halides is 3. The van der Waals surface area contributed by atoms with Gasteiger partial charge in [0, 0.05) is 22.9 Å². The number of hydrogen-bond donors (Lipinski definition) is 1. The Morgan fingerprint density at radius 1 is 1.33 bits per heavy atom. The molecule has 3 atom stereocenters. The van der Waals surface area contributed by atoms with Gasteiger partial charge in [-0.05, 0) is 59.8 Å². The van der Waals surface area contributed by atoms with E-state index < -0.39 is 12.1 Å². The van der Waals surface area contributed by atoms with Crippen LogP contribution >= 0.6 is 15.9 Å². The van der Waals surface area contributed by atoms with Crippen LogP contribution in [0.4, 0.5) is 13.2 Å². The topological polar surface area (TPSA) is 24.9 Å². The molecule has 2 rings (SSSR count). The highest BCUT2D eigenvalue weighted by atomic mass is 79.9. The van der Waals surface area contributed by atoms with Crippen LogP contribution < -0.4 is 5.32 Å². The zero-order valence-electron chi connectivity index (χ0n) is 12.0. The molecule has 3 unspecified atom stereocenters. The Morgan fingerprint density at radius 3 is 2.67 bits per heavy atom. The van der Waals surface area contributed by atoms with Crippen LogP contribution in [0.2, 0.25) is 0 Å². The summed E-state index contributed by atoms with van der Waals surface area (Å²) >= 11 is 3.35. The molecule has 1 aromatic rings. The first-order valence-corrected chi connectivity index (χ1v) is 8.04. The van der Waals surface area contributed by atoms with Crippen molar-refractivity contribution < 1.29 is 13.2 Å². The zero-order chi connectivity index (χ0) is 15.5. The maximum atomic E-state index is 13.2. The second-order valence-corrected chi connectivity index (χ2v) is 6.62. The summed E-state index contributed by atoms with van der Waals surface area (Å²) in [6.45, 7) is 0. The number of halogens is 4. The van der Waals surface area contributed by atoms with E-state index in [1.807, 2.05) is 6.07 Å². The molecule has 0 bridgehead atoms. The Labute approximate surface area is 131 Å². The lowest BCUT2D eigenvalue weighted by atomic mass is 9.73. The number of hydrogen-bond acceptors (Lipinski definition) is 2. The number of pyridine rings is 1. The number of nitrogens with zero attached hydrogens (tertiary/aromatic N) is 1. The van der Waals surface area contributed by atoms with Gasteiger partial charge in [-0.25, -0.2) is 0 Å². The van der Waals surface area contributed by atoms with Crippen molar-refractivity contribution in [2.45, 2.75) is 44.3 Å². The molecule has 1 aromatic heterocycles. The molecule has 2 nitrogen and oxygen atoms in total. The minimum absolute atomic E-state index is 0.173. The molecule has 0 spiro atoms. The second kappa shape index (κ2) is 7.09. The van der Waals surface area contributed by atoms with E-state index >= 15 is 0 Å².